The number of hydrogen-bond donors (Lipinski definition) is 1. The van der Waals surface area contributed by atoms with Crippen molar-refractivity contribution in [1.82, 2.24) is 10.1 Å². The van der Waals surface area contributed by atoms with E-state index in [0.29, 0.717) is 27.7 Å². The fraction of sp³-hybridized carbons (Fsp3) is 0.467. The molecule has 0 saturated heterocycles. The molecule has 1 aromatic heterocycles. The molecule has 2 fully saturated rings. The van der Waals surface area contributed by atoms with Crippen molar-refractivity contribution >= 4 is 23.2 Å². The average molecular weight is 324 g/mol. The minimum absolute atomic E-state index is 0.254. The molecular weight excluding hydrogens is 309 g/mol. The van der Waals surface area contributed by atoms with Crippen LogP contribution in [0.3, 0.4) is 0 Å². The van der Waals surface area contributed by atoms with E-state index in [1.54, 1.807) is 6.07 Å². The first-order chi connectivity index (χ1) is 10.0. The van der Waals surface area contributed by atoms with Gasteiger partial charge in [-0.3, -0.25) is 0 Å². The van der Waals surface area contributed by atoms with E-state index in [2.05, 4.69) is 10.1 Å². The second-order valence-electron chi connectivity index (χ2n) is 6.12. The topological polar surface area (TPSA) is 64.9 Å². The first-order valence-electron chi connectivity index (χ1n) is 7.14. The van der Waals surface area contributed by atoms with E-state index in [9.17, 15) is 0 Å². The third-order valence-corrected chi connectivity index (χ3v) is 4.99. The molecule has 0 radical (unpaired) electrons. The molecule has 0 bridgehead atoms. The van der Waals surface area contributed by atoms with Crippen LogP contribution in [0.1, 0.15) is 54.8 Å². The fourth-order valence-corrected chi connectivity index (χ4v) is 3.54. The van der Waals surface area contributed by atoms with Gasteiger partial charge in [0.1, 0.15) is 0 Å². The van der Waals surface area contributed by atoms with E-state index < -0.39 is 0 Å². The normalized spacial score (nSPS) is 26.4. The molecule has 2 atom stereocenters. The summed E-state index contributed by atoms with van der Waals surface area (Å²) in [5.74, 6) is 1.94. The van der Waals surface area contributed by atoms with E-state index in [4.69, 9.17) is 33.5 Å². The summed E-state index contributed by atoms with van der Waals surface area (Å²) in [6.07, 6.45) is 3.98. The Bertz CT molecular complexity index is 676. The lowest BCUT2D eigenvalue weighted by Crippen LogP contribution is -2.44. The number of hydrogen-bond acceptors (Lipinski definition) is 4. The van der Waals surface area contributed by atoms with Gasteiger partial charge in [0, 0.05) is 16.0 Å². The maximum absolute atomic E-state index is 6.22. The molecule has 1 aromatic carbocycles. The molecule has 2 unspecified atom stereocenters. The summed E-state index contributed by atoms with van der Waals surface area (Å²) < 4.78 is 5.42. The number of benzene rings is 1. The van der Waals surface area contributed by atoms with Crippen LogP contribution in [-0.4, -0.2) is 10.1 Å². The third kappa shape index (κ3) is 2.35. The van der Waals surface area contributed by atoms with Crippen molar-refractivity contribution in [3.05, 3.63) is 45.5 Å². The molecule has 2 aliphatic carbocycles. The zero-order valence-corrected chi connectivity index (χ0v) is 12.9. The van der Waals surface area contributed by atoms with Gasteiger partial charge in [0.05, 0.1) is 5.54 Å². The number of aromatic nitrogens is 2. The zero-order chi connectivity index (χ0) is 14.6. The van der Waals surface area contributed by atoms with E-state index in [1.165, 1.54) is 0 Å². The van der Waals surface area contributed by atoms with Gasteiger partial charge in [-0.25, -0.2) is 0 Å². The number of nitrogens with two attached hydrogens (primary N) is 1. The molecule has 6 heteroatoms. The van der Waals surface area contributed by atoms with Gasteiger partial charge in [-0.2, -0.15) is 4.98 Å². The van der Waals surface area contributed by atoms with Crippen molar-refractivity contribution in [3.8, 4) is 0 Å². The Morgan fingerprint density at radius 3 is 2.48 bits per heavy atom. The van der Waals surface area contributed by atoms with Gasteiger partial charge in [-0.05, 0) is 55.4 Å². The first-order valence-corrected chi connectivity index (χ1v) is 7.90. The maximum atomic E-state index is 6.22. The van der Waals surface area contributed by atoms with Gasteiger partial charge >= 0.3 is 0 Å². The van der Waals surface area contributed by atoms with Crippen molar-refractivity contribution in [2.75, 3.05) is 0 Å². The third-order valence-electron chi connectivity index (χ3n) is 4.55. The molecule has 2 aliphatic rings. The van der Waals surface area contributed by atoms with E-state index >= 15 is 0 Å². The lowest BCUT2D eigenvalue weighted by atomic mass is 9.77. The molecule has 0 spiro atoms. The molecule has 0 aliphatic heterocycles. The van der Waals surface area contributed by atoms with Gasteiger partial charge in [0.2, 0.25) is 5.89 Å². The zero-order valence-electron chi connectivity index (χ0n) is 11.4. The van der Waals surface area contributed by atoms with Crippen LogP contribution in [0.5, 0.6) is 0 Å². The summed E-state index contributed by atoms with van der Waals surface area (Å²) in [6.45, 7) is 0. The van der Waals surface area contributed by atoms with Crippen LogP contribution in [0.15, 0.2) is 22.7 Å². The molecule has 4 nitrogen and oxygen atoms in total. The summed E-state index contributed by atoms with van der Waals surface area (Å²) in [5, 5.41) is 5.39. The van der Waals surface area contributed by atoms with Gasteiger partial charge < -0.3 is 10.3 Å². The summed E-state index contributed by atoms with van der Waals surface area (Å²) in [5.41, 5.74) is 6.98. The molecule has 2 aromatic rings. The second kappa shape index (κ2) is 4.70. The minimum atomic E-state index is -0.370. The van der Waals surface area contributed by atoms with Crippen LogP contribution in [-0.2, 0) is 5.54 Å². The SMILES string of the molecule is NC1(c2noc(C3CC3c3cc(Cl)cc(Cl)c3)n2)CCC1. The Hall–Kier alpha value is -1.10. The van der Waals surface area contributed by atoms with Crippen LogP contribution in [0.2, 0.25) is 10.0 Å². The Kier molecular flexibility index (Phi) is 3.03. The summed E-state index contributed by atoms with van der Waals surface area (Å²) in [7, 11) is 0. The van der Waals surface area contributed by atoms with Crippen LogP contribution < -0.4 is 5.73 Å². The standard InChI is InChI=1S/C15H15Cl2N3O/c16-9-4-8(5-10(17)6-9)11-7-12(11)13-19-14(20-21-13)15(18)2-1-3-15/h4-6,11-12H,1-3,7,18H2. The molecule has 0 amide bonds. The smallest absolute Gasteiger partial charge is 0.230 e. The highest BCUT2D eigenvalue weighted by Gasteiger charge is 2.46. The van der Waals surface area contributed by atoms with Gasteiger partial charge in [0.15, 0.2) is 5.82 Å². The lowest BCUT2D eigenvalue weighted by Gasteiger charge is -2.34. The average Bonchev–Trinajstić information content (AvgIpc) is 3.04. The molecule has 21 heavy (non-hydrogen) atoms. The van der Waals surface area contributed by atoms with Crippen molar-refractivity contribution in [1.29, 1.82) is 0 Å². The Labute approximate surface area is 132 Å². The lowest BCUT2D eigenvalue weighted by molar-refractivity contribution is 0.229. The first kappa shape index (κ1) is 13.6. The number of nitrogens with zero attached hydrogens (tertiary/aromatic N) is 2. The van der Waals surface area contributed by atoms with Crippen molar-refractivity contribution in [2.24, 2.45) is 5.73 Å². The maximum Gasteiger partial charge on any atom is 0.230 e. The van der Waals surface area contributed by atoms with Crippen molar-refractivity contribution in [3.63, 3.8) is 0 Å². The molecule has 4 rings (SSSR count). The van der Waals surface area contributed by atoms with Gasteiger partial charge in [-0.1, -0.05) is 28.4 Å². The highest BCUT2D eigenvalue weighted by Crippen LogP contribution is 2.55. The van der Waals surface area contributed by atoms with Gasteiger partial charge in [-0.15, -0.1) is 0 Å². The molecule has 2 N–H and O–H groups in total. The van der Waals surface area contributed by atoms with Crippen molar-refractivity contribution < 1.29 is 4.52 Å². The van der Waals surface area contributed by atoms with Crippen LogP contribution in [0.4, 0.5) is 0 Å². The van der Waals surface area contributed by atoms with E-state index in [0.717, 1.165) is 31.2 Å². The van der Waals surface area contributed by atoms with Crippen molar-refractivity contribution in [2.45, 2.75) is 43.1 Å². The summed E-state index contributed by atoms with van der Waals surface area (Å²) in [4.78, 5) is 4.52. The fourth-order valence-electron chi connectivity index (χ4n) is 2.99. The van der Waals surface area contributed by atoms with Crippen LogP contribution in [0, 0.1) is 0 Å². The highest BCUT2D eigenvalue weighted by atomic mass is 35.5. The Morgan fingerprint density at radius 1 is 1.14 bits per heavy atom. The van der Waals surface area contributed by atoms with Crippen LogP contribution >= 0.6 is 23.2 Å². The second-order valence-corrected chi connectivity index (χ2v) is 6.99. The molecule has 1 heterocycles. The highest BCUT2D eigenvalue weighted by molar-refractivity contribution is 6.34. The Morgan fingerprint density at radius 2 is 1.86 bits per heavy atom. The molecule has 110 valence electrons. The van der Waals surface area contributed by atoms with E-state index in [-0.39, 0.29) is 11.5 Å². The minimum Gasteiger partial charge on any atom is -0.339 e. The predicted molar refractivity (Wildman–Crippen MR) is 80.6 cm³/mol. The largest absolute Gasteiger partial charge is 0.339 e. The number of rotatable bonds is 3. The predicted octanol–water partition coefficient (Wildman–Crippen LogP) is 3.99. The monoisotopic (exact) mass is 323 g/mol. The molecule has 2 saturated carbocycles. The quantitative estimate of drug-likeness (QED) is 0.927. The number of halogens is 2. The Balaban J connectivity index is 1.54. The molecular formula is C15H15Cl2N3O. The van der Waals surface area contributed by atoms with Gasteiger partial charge in [0.25, 0.3) is 0 Å². The van der Waals surface area contributed by atoms with E-state index in [1.807, 2.05) is 12.1 Å². The van der Waals surface area contributed by atoms with Crippen LogP contribution in [0.25, 0.3) is 0 Å². The summed E-state index contributed by atoms with van der Waals surface area (Å²) >= 11 is 12.1. The summed E-state index contributed by atoms with van der Waals surface area (Å²) in [6, 6.07) is 5.64.